The van der Waals surface area contributed by atoms with Crippen LogP contribution in [0.5, 0.6) is 0 Å². The maximum atomic E-state index is 13.3. The standard InChI is InChI=1S/C34H47N5O6/c1-9-12-29(44-8)21(5)34(43)45-30(20(3)4)32(41)37-23(7)33(42)39-16-11-13-28(38-39)31(40)36-22(6)24-14-15-25-19-35-27(10-2)18-26(25)17-24/h9-10,12,14-15,17-23,28-30,38H,2,11,13,16H2,1,3-8H3,(H,36,40)(H,37,41)/b12-9+/t21-,22-,23+,28+,29-,30+/m1/s1. The quantitative estimate of drug-likeness (QED) is 0.227. The molecule has 2 aromatic rings. The van der Waals surface area contributed by atoms with Gasteiger partial charge in [0, 0.05) is 25.2 Å². The summed E-state index contributed by atoms with van der Waals surface area (Å²) in [4.78, 5) is 56.8. The van der Waals surface area contributed by atoms with Crippen LogP contribution in [0, 0.1) is 11.8 Å². The molecule has 1 aromatic carbocycles. The second-order valence-electron chi connectivity index (χ2n) is 11.8. The van der Waals surface area contributed by atoms with Crippen molar-refractivity contribution in [1.29, 1.82) is 0 Å². The predicted molar refractivity (Wildman–Crippen MR) is 173 cm³/mol. The number of ether oxygens (including phenoxy) is 2. The van der Waals surface area contributed by atoms with Gasteiger partial charge in [-0.1, -0.05) is 44.7 Å². The van der Waals surface area contributed by atoms with Crippen molar-refractivity contribution < 1.29 is 28.7 Å². The molecule has 244 valence electrons. The van der Waals surface area contributed by atoms with E-state index in [0.29, 0.717) is 19.4 Å². The molecule has 6 atom stereocenters. The van der Waals surface area contributed by atoms with E-state index in [0.717, 1.165) is 22.0 Å². The molecule has 1 saturated heterocycles. The highest BCUT2D eigenvalue weighted by Crippen LogP contribution is 2.22. The van der Waals surface area contributed by atoms with E-state index < -0.39 is 48.0 Å². The number of nitrogens with zero attached hydrogens (tertiary/aromatic N) is 2. The van der Waals surface area contributed by atoms with Crippen molar-refractivity contribution in [3.05, 3.63) is 60.5 Å². The van der Waals surface area contributed by atoms with Crippen LogP contribution in [-0.2, 0) is 28.7 Å². The number of hydrazine groups is 1. The maximum absolute atomic E-state index is 13.3. The second kappa shape index (κ2) is 16.3. The van der Waals surface area contributed by atoms with Crippen molar-refractivity contribution in [2.75, 3.05) is 13.7 Å². The third-order valence-corrected chi connectivity index (χ3v) is 7.96. The predicted octanol–water partition coefficient (Wildman–Crippen LogP) is 3.85. The largest absolute Gasteiger partial charge is 0.452 e. The van der Waals surface area contributed by atoms with E-state index in [4.69, 9.17) is 9.47 Å². The molecule has 11 heteroatoms. The van der Waals surface area contributed by atoms with Crippen LogP contribution in [0.3, 0.4) is 0 Å². The molecule has 0 bridgehead atoms. The summed E-state index contributed by atoms with van der Waals surface area (Å²) in [6, 6.07) is 6.06. The van der Waals surface area contributed by atoms with E-state index in [-0.39, 0.29) is 17.9 Å². The van der Waals surface area contributed by atoms with Gasteiger partial charge in [-0.2, -0.15) is 0 Å². The lowest BCUT2D eigenvalue weighted by atomic mass is 10.0. The number of carbonyl (C=O) groups is 4. The smallest absolute Gasteiger partial charge is 0.312 e. The molecular formula is C34H47N5O6. The Labute approximate surface area is 265 Å². The summed E-state index contributed by atoms with van der Waals surface area (Å²) in [6.07, 6.45) is 6.58. The molecule has 45 heavy (non-hydrogen) atoms. The first-order valence-electron chi connectivity index (χ1n) is 15.5. The number of aromatic nitrogens is 1. The fourth-order valence-electron chi connectivity index (χ4n) is 5.18. The molecule has 0 unspecified atom stereocenters. The molecule has 2 heterocycles. The summed E-state index contributed by atoms with van der Waals surface area (Å²) in [5.41, 5.74) is 4.74. The molecule has 1 aliphatic rings. The molecule has 0 spiro atoms. The van der Waals surface area contributed by atoms with Gasteiger partial charge in [-0.05, 0) is 75.6 Å². The number of hydrogen-bond acceptors (Lipinski definition) is 8. The van der Waals surface area contributed by atoms with Crippen molar-refractivity contribution in [2.45, 2.75) is 84.7 Å². The summed E-state index contributed by atoms with van der Waals surface area (Å²) >= 11 is 0. The molecule has 11 nitrogen and oxygen atoms in total. The topological polar surface area (TPSA) is 139 Å². The molecule has 3 rings (SSSR count). The minimum absolute atomic E-state index is 0.230. The van der Waals surface area contributed by atoms with E-state index in [1.807, 2.05) is 38.1 Å². The van der Waals surface area contributed by atoms with Crippen LogP contribution < -0.4 is 16.1 Å². The van der Waals surface area contributed by atoms with Gasteiger partial charge < -0.3 is 20.1 Å². The van der Waals surface area contributed by atoms with E-state index in [2.05, 4.69) is 27.6 Å². The third kappa shape index (κ3) is 9.21. The van der Waals surface area contributed by atoms with Crippen molar-refractivity contribution in [2.24, 2.45) is 11.8 Å². The van der Waals surface area contributed by atoms with E-state index >= 15 is 0 Å². The average Bonchev–Trinajstić information content (AvgIpc) is 3.04. The van der Waals surface area contributed by atoms with Crippen LogP contribution in [-0.4, -0.2) is 71.6 Å². The first-order valence-corrected chi connectivity index (χ1v) is 15.5. The number of benzene rings is 1. The lowest BCUT2D eigenvalue weighted by molar-refractivity contribution is -0.165. The van der Waals surface area contributed by atoms with Crippen molar-refractivity contribution in [3.8, 4) is 0 Å². The Kier molecular flexibility index (Phi) is 12.8. The molecule has 0 saturated carbocycles. The normalized spacial score (nSPS) is 18.6. The highest BCUT2D eigenvalue weighted by molar-refractivity contribution is 5.91. The monoisotopic (exact) mass is 621 g/mol. The van der Waals surface area contributed by atoms with Crippen LogP contribution in [0.1, 0.15) is 71.7 Å². The Morgan fingerprint density at radius 2 is 1.82 bits per heavy atom. The van der Waals surface area contributed by atoms with Crippen LogP contribution in [0.25, 0.3) is 16.8 Å². The van der Waals surface area contributed by atoms with E-state index in [9.17, 15) is 19.2 Å². The van der Waals surface area contributed by atoms with Crippen molar-refractivity contribution in [1.82, 2.24) is 26.1 Å². The van der Waals surface area contributed by atoms with Gasteiger partial charge in [-0.15, -0.1) is 0 Å². The van der Waals surface area contributed by atoms with Gasteiger partial charge in [-0.3, -0.25) is 29.2 Å². The number of esters is 1. The second-order valence-corrected chi connectivity index (χ2v) is 11.8. The van der Waals surface area contributed by atoms with Gasteiger partial charge in [0.05, 0.1) is 23.8 Å². The van der Waals surface area contributed by atoms with Gasteiger partial charge in [0.2, 0.25) is 5.91 Å². The Morgan fingerprint density at radius 1 is 1.09 bits per heavy atom. The van der Waals surface area contributed by atoms with Gasteiger partial charge in [0.1, 0.15) is 12.1 Å². The van der Waals surface area contributed by atoms with Crippen molar-refractivity contribution in [3.63, 3.8) is 0 Å². The fraction of sp³-hybridized carbons (Fsp3) is 0.500. The summed E-state index contributed by atoms with van der Waals surface area (Å²) in [5, 5.41) is 9.10. The molecule has 1 aliphatic heterocycles. The zero-order valence-electron chi connectivity index (χ0n) is 27.3. The molecular weight excluding hydrogens is 574 g/mol. The summed E-state index contributed by atoms with van der Waals surface area (Å²) < 4.78 is 10.9. The number of carbonyl (C=O) groups excluding carboxylic acids is 4. The number of allylic oxidation sites excluding steroid dienone is 1. The lowest BCUT2D eigenvalue weighted by Crippen LogP contribution is -2.61. The highest BCUT2D eigenvalue weighted by atomic mass is 16.6. The molecule has 1 fully saturated rings. The van der Waals surface area contributed by atoms with Crippen LogP contribution >= 0.6 is 0 Å². The Balaban J connectivity index is 1.59. The number of fused-ring (bicyclic) bond motifs is 1. The first-order chi connectivity index (χ1) is 21.4. The zero-order chi connectivity index (χ0) is 33.3. The number of methoxy groups -OCH3 is 1. The van der Waals surface area contributed by atoms with Gasteiger partial charge in [0.15, 0.2) is 6.10 Å². The summed E-state index contributed by atoms with van der Waals surface area (Å²) in [5.74, 6) is -2.74. The van der Waals surface area contributed by atoms with Gasteiger partial charge >= 0.3 is 5.97 Å². The van der Waals surface area contributed by atoms with Crippen molar-refractivity contribution >= 4 is 40.5 Å². The Hall–Kier alpha value is -4.09. The summed E-state index contributed by atoms with van der Waals surface area (Å²) in [7, 11) is 1.50. The first kappa shape index (κ1) is 35.4. The maximum Gasteiger partial charge on any atom is 0.312 e. The Morgan fingerprint density at radius 3 is 2.47 bits per heavy atom. The minimum Gasteiger partial charge on any atom is -0.452 e. The van der Waals surface area contributed by atoms with E-state index in [1.165, 1.54) is 12.1 Å². The third-order valence-electron chi connectivity index (χ3n) is 7.96. The van der Waals surface area contributed by atoms with E-state index in [1.54, 1.807) is 52.1 Å². The van der Waals surface area contributed by atoms with Crippen LogP contribution in [0.2, 0.25) is 0 Å². The number of rotatable bonds is 13. The number of amides is 3. The molecule has 0 aliphatic carbocycles. The van der Waals surface area contributed by atoms with Crippen LogP contribution in [0.15, 0.2) is 49.2 Å². The lowest BCUT2D eigenvalue weighted by Gasteiger charge is -2.35. The van der Waals surface area contributed by atoms with Crippen LogP contribution in [0.4, 0.5) is 0 Å². The average molecular weight is 622 g/mol. The van der Waals surface area contributed by atoms with Gasteiger partial charge in [0.25, 0.3) is 11.8 Å². The summed E-state index contributed by atoms with van der Waals surface area (Å²) in [6.45, 7) is 14.6. The minimum atomic E-state index is -1.10. The van der Waals surface area contributed by atoms with Gasteiger partial charge in [-0.25, -0.2) is 5.43 Å². The SMILES string of the molecule is C=Cc1cc2cc([C@@H](C)NC(=O)[C@@H]3CCCN(C(=O)[C@H](C)NC(=O)[C@@H](OC(=O)[C@H](C)[C@@H](/C=C/C)OC)C(C)C)N3)ccc2cn1. The fourth-order valence-corrected chi connectivity index (χ4v) is 5.18. The highest BCUT2D eigenvalue weighted by Gasteiger charge is 2.35. The molecule has 3 N–H and O–H groups in total. The Bertz CT molecular complexity index is 1410. The molecule has 1 aromatic heterocycles. The molecule has 3 amide bonds. The number of nitrogens with one attached hydrogen (secondary N) is 3. The number of pyridine rings is 1. The zero-order valence-corrected chi connectivity index (χ0v) is 27.3. The number of hydrogen-bond donors (Lipinski definition) is 3. The molecule has 0 radical (unpaired) electrons.